The summed E-state index contributed by atoms with van der Waals surface area (Å²) in [4.78, 5) is 14.2. The number of nitrogens with zero attached hydrogens (tertiary/aromatic N) is 4. The van der Waals surface area contributed by atoms with Crippen molar-refractivity contribution in [2.45, 2.75) is 20.0 Å². The van der Waals surface area contributed by atoms with Crippen molar-refractivity contribution in [2.75, 3.05) is 26.2 Å². The third-order valence-electron chi connectivity index (χ3n) is 5.26. The number of hydrogen-bond acceptors (Lipinski definition) is 4. The molecule has 3 aromatic rings. The van der Waals surface area contributed by atoms with Crippen molar-refractivity contribution < 1.29 is 0 Å². The third-order valence-corrected chi connectivity index (χ3v) is 5.26. The SMILES string of the molecule is Cc1cccnc1CN1CCN(Cc2ccc(-c3ccccc3)nc2)CC1. The number of rotatable bonds is 5. The van der Waals surface area contributed by atoms with E-state index >= 15 is 0 Å². The minimum atomic E-state index is 0.952. The Labute approximate surface area is 161 Å². The van der Waals surface area contributed by atoms with E-state index in [0.717, 1.165) is 45.0 Å². The minimum Gasteiger partial charge on any atom is -0.296 e. The fraction of sp³-hybridized carbons (Fsp3) is 0.304. The average Bonchev–Trinajstić information content (AvgIpc) is 2.72. The molecule has 0 spiro atoms. The lowest BCUT2D eigenvalue weighted by molar-refractivity contribution is 0.121. The maximum absolute atomic E-state index is 4.65. The molecule has 2 aromatic heterocycles. The van der Waals surface area contributed by atoms with E-state index in [2.05, 4.69) is 69.2 Å². The first kappa shape index (κ1) is 17.8. The summed E-state index contributed by atoms with van der Waals surface area (Å²) in [5.41, 5.74) is 5.97. The molecule has 1 aliphatic rings. The van der Waals surface area contributed by atoms with Crippen molar-refractivity contribution in [1.82, 2.24) is 19.8 Å². The van der Waals surface area contributed by atoms with Crippen LogP contribution in [0.15, 0.2) is 67.0 Å². The highest BCUT2D eigenvalue weighted by Crippen LogP contribution is 2.17. The smallest absolute Gasteiger partial charge is 0.0702 e. The van der Waals surface area contributed by atoms with Gasteiger partial charge in [-0.2, -0.15) is 0 Å². The van der Waals surface area contributed by atoms with E-state index in [4.69, 9.17) is 0 Å². The van der Waals surface area contributed by atoms with E-state index in [1.165, 1.54) is 22.4 Å². The Kier molecular flexibility index (Phi) is 5.56. The number of hydrogen-bond donors (Lipinski definition) is 0. The maximum Gasteiger partial charge on any atom is 0.0702 e. The highest BCUT2D eigenvalue weighted by atomic mass is 15.3. The van der Waals surface area contributed by atoms with Crippen molar-refractivity contribution in [3.63, 3.8) is 0 Å². The largest absolute Gasteiger partial charge is 0.296 e. The molecule has 4 rings (SSSR count). The number of aromatic nitrogens is 2. The standard InChI is InChI=1S/C23H26N4/c1-19-6-5-11-24-23(19)18-27-14-12-26(13-15-27)17-20-9-10-22(25-16-20)21-7-3-2-4-8-21/h2-11,16H,12-15,17-18H2,1H3. The van der Waals surface area contributed by atoms with Gasteiger partial charge in [-0.15, -0.1) is 0 Å². The first-order chi connectivity index (χ1) is 13.3. The van der Waals surface area contributed by atoms with Crippen LogP contribution in [0.25, 0.3) is 11.3 Å². The summed E-state index contributed by atoms with van der Waals surface area (Å²) < 4.78 is 0. The summed E-state index contributed by atoms with van der Waals surface area (Å²) in [6.07, 6.45) is 3.91. The lowest BCUT2D eigenvalue weighted by Crippen LogP contribution is -2.45. The van der Waals surface area contributed by atoms with E-state index in [1.807, 2.05) is 24.5 Å². The average molecular weight is 358 g/mol. The van der Waals surface area contributed by atoms with Gasteiger partial charge in [-0.3, -0.25) is 19.8 Å². The Morgan fingerprint density at radius 1 is 0.778 bits per heavy atom. The molecule has 0 unspecified atom stereocenters. The topological polar surface area (TPSA) is 32.3 Å². The summed E-state index contributed by atoms with van der Waals surface area (Å²) >= 11 is 0. The van der Waals surface area contributed by atoms with Crippen LogP contribution in [0.5, 0.6) is 0 Å². The van der Waals surface area contributed by atoms with Gasteiger partial charge in [0, 0.05) is 57.2 Å². The summed E-state index contributed by atoms with van der Waals surface area (Å²) in [6.45, 7) is 8.42. The summed E-state index contributed by atoms with van der Waals surface area (Å²) in [6, 6.07) is 18.8. The molecule has 4 heteroatoms. The fourth-order valence-electron chi connectivity index (χ4n) is 3.56. The van der Waals surface area contributed by atoms with Crippen molar-refractivity contribution in [1.29, 1.82) is 0 Å². The van der Waals surface area contributed by atoms with E-state index in [9.17, 15) is 0 Å². The molecule has 0 aliphatic carbocycles. The summed E-state index contributed by atoms with van der Waals surface area (Å²) in [5.74, 6) is 0. The quantitative estimate of drug-likeness (QED) is 0.695. The molecule has 0 N–H and O–H groups in total. The van der Waals surface area contributed by atoms with Crippen molar-refractivity contribution in [3.05, 3.63) is 83.8 Å². The number of aryl methyl sites for hydroxylation is 1. The predicted molar refractivity (Wildman–Crippen MR) is 109 cm³/mol. The zero-order chi connectivity index (χ0) is 18.5. The van der Waals surface area contributed by atoms with Crippen LogP contribution in [-0.2, 0) is 13.1 Å². The lowest BCUT2D eigenvalue weighted by atomic mass is 10.1. The van der Waals surface area contributed by atoms with E-state index in [1.54, 1.807) is 0 Å². The summed E-state index contributed by atoms with van der Waals surface area (Å²) in [7, 11) is 0. The second kappa shape index (κ2) is 8.42. The zero-order valence-electron chi connectivity index (χ0n) is 15.9. The lowest BCUT2D eigenvalue weighted by Gasteiger charge is -2.34. The number of pyridine rings is 2. The molecule has 4 nitrogen and oxygen atoms in total. The highest BCUT2D eigenvalue weighted by molar-refractivity contribution is 5.58. The van der Waals surface area contributed by atoms with Gasteiger partial charge in [-0.1, -0.05) is 42.5 Å². The normalized spacial score (nSPS) is 15.7. The Hall–Kier alpha value is -2.56. The van der Waals surface area contributed by atoms with Gasteiger partial charge >= 0.3 is 0 Å². The molecule has 0 saturated carbocycles. The van der Waals surface area contributed by atoms with Crippen LogP contribution >= 0.6 is 0 Å². The van der Waals surface area contributed by atoms with Crippen LogP contribution in [0, 0.1) is 6.92 Å². The van der Waals surface area contributed by atoms with Crippen LogP contribution in [0.1, 0.15) is 16.8 Å². The highest BCUT2D eigenvalue weighted by Gasteiger charge is 2.18. The van der Waals surface area contributed by atoms with Crippen LogP contribution in [0.2, 0.25) is 0 Å². The van der Waals surface area contributed by atoms with E-state index < -0.39 is 0 Å². The van der Waals surface area contributed by atoms with Gasteiger partial charge in [0.15, 0.2) is 0 Å². The molecule has 3 heterocycles. The van der Waals surface area contributed by atoms with E-state index in [0.29, 0.717) is 0 Å². The van der Waals surface area contributed by atoms with Crippen LogP contribution in [0.3, 0.4) is 0 Å². The first-order valence-electron chi connectivity index (χ1n) is 9.63. The predicted octanol–water partition coefficient (Wildman–Crippen LogP) is 3.77. The molecule has 1 aliphatic heterocycles. The molecule has 0 radical (unpaired) electrons. The molecule has 1 aromatic carbocycles. The second-order valence-electron chi connectivity index (χ2n) is 7.24. The molecular weight excluding hydrogens is 332 g/mol. The Balaban J connectivity index is 1.30. The molecule has 27 heavy (non-hydrogen) atoms. The monoisotopic (exact) mass is 358 g/mol. The Morgan fingerprint density at radius 3 is 2.19 bits per heavy atom. The Bertz CT molecular complexity index is 853. The fourth-order valence-corrected chi connectivity index (χ4v) is 3.56. The third kappa shape index (κ3) is 4.59. The van der Waals surface area contributed by atoms with Crippen molar-refractivity contribution >= 4 is 0 Å². The van der Waals surface area contributed by atoms with Gasteiger partial charge in [0.2, 0.25) is 0 Å². The van der Waals surface area contributed by atoms with Gasteiger partial charge in [-0.25, -0.2) is 0 Å². The molecular formula is C23H26N4. The van der Waals surface area contributed by atoms with Gasteiger partial charge in [0.25, 0.3) is 0 Å². The van der Waals surface area contributed by atoms with Gasteiger partial charge < -0.3 is 0 Å². The molecule has 1 saturated heterocycles. The zero-order valence-corrected chi connectivity index (χ0v) is 15.9. The van der Waals surface area contributed by atoms with Crippen LogP contribution < -0.4 is 0 Å². The maximum atomic E-state index is 4.65. The minimum absolute atomic E-state index is 0.952. The second-order valence-corrected chi connectivity index (χ2v) is 7.24. The molecule has 138 valence electrons. The Morgan fingerprint density at radius 2 is 1.52 bits per heavy atom. The molecule has 0 bridgehead atoms. The van der Waals surface area contributed by atoms with Gasteiger partial charge in [0.05, 0.1) is 11.4 Å². The van der Waals surface area contributed by atoms with Gasteiger partial charge in [-0.05, 0) is 30.2 Å². The molecule has 0 amide bonds. The van der Waals surface area contributed by atoms with E-state index in [-0.39, 0.29) is 0 Å². The molecule has 1 fully saturated rings. The van der Waals surface area contributed by atoms with Crippen LogP contribution in [0.4, 0.5) is 0 Å². The number of piperazine rings is 1. The summed E-state index contributed by atoms with van der Waals surface area (Å²) in [5, 5.41) is 0. The van der Waals surface area contributed by atoms with Crippen molar-refractivity contribution in [3.8, 4) is 11.3 Å². The molecule has 0 atom stereocenters. The van der Waals surface area contributed by atoms with Crippen LogP contribution in [-0.4, -0.2) is 45.9 Å². The van der Waals surface area contributed by atoms with Crippen molar-refractivity contribution in [2.24, 2.45) is 0 Å². The van der Waals surface area contributed by atoms with Gasteiger partial charge in [0.1, 0.15) is 0 Å². The number of benzene rings is 1. The first-order valence-corrected chi connectivity index (χ1v) is 9.63.